The molecule has 0 radical (unpaired) electrons. The zero-order valence-corrected chi connectivity index (χ0v) is 12.3. The zero-order chi connectivity index (χ0) is 12.6. The molecule has 0 bridgehead atoms. The van der Waals surface area contributed by atoms with E-state index in [2.05, 4.69) is 17.1 Å². The van der Waals surface area contributed by atoms with Crippen LogP contribution in [0.5, 0.6) is 0 Å². The Morgan fingerprint density at radius 2 is 1.83 bits per heavy atom. The summed E-state index contributed by atoms with van der Waals surface area (Å²) in [6, 6.07) is 0.822. The van der Waals surface area contributed by atoms with Crippen LogP contribution in [0, 0.1) is 5.92 Å². The lowest BCUT2D eigenvalue weighted by molar-refractivity contribution is 0.149. The molecule has 1 N–H and O–H groups in total. The van der Waals surface area contributed by atoms with Gasteiger partial charge < -0.3 is 5.32 Å². The molecule has 18 heavy (non-hydrogen) atoms. The highest BCUT2D eigenvalue weighted by Gasteiger charge is 2.21. The molecule has 1 saturated carbocycles. The van der Waals surface area contributed by atoms with Gasteiger partial charge in [-0.05, 0) is 51.2 Å². The number of hydrogen-bond acceptors (Lipinski definition) is 2. The molecule has 1 atom stereocenters. The van der Waals surface area contributed by atoms with Crippen LogP contribution in [-0.2, 0) is 0 Å². The minimum atomic E-state index is 0.822. The summed E-state index contributed by atoms with van der Waals surface area (Å²) in [7, 11) is 0. The van der Waals surface area contributed by atoms with Crippen molar-refractivity contribution in [1.82, 2.24) is 10.2 Å². The SMILES string of the molecule is CCCN(CCC1CCCCC1)C1CCCNC1. The van der Waals surface area contributed by atoms with Gasteiger partial charge in [0.1, 0.15) is 0 Å². The van der Waals surface area contributed by atoms with E-state index < -0.39 is 0 Å². The van der Waals surface area contributed by atoms with Gasteiger partial charge in [-0.2, -0.15) is 0 Å². The highest BCUT2D eigenvalue weighted by atomic mass is 15.2. The Labute approximate surface area is 114 Å². The fourth-order valence-electron chi connectivity index (χ4n) is 3.73. The van der Waals surface area contributed by atoms with Crippen LogP contribution in [0.1, 0.15) is 64.7 Å². The van der Waals surface area contributed by atoms with Gasteiger partial charge in [0.15, 0.2) is 0 Å². The highest BCUT2D eigenvalue weighted by molar-refractivity contribution is 4.79. The molecule has 0 aromatic rings. The van der Waals surface area contributed by atoms with Gasteiger partial charge in [-0.15, -0.1) is 0 Å². The van der Waals surface area contributed by atoms with Gasteiger partial charge in [-0.25, -0.2) is 0 Å². The standard InChI is InChI=1S/C16H32N2/c1-2-12-18(16-9-6-11-17-14-16)13-10-15-7-4-3-5-8-15/h15-17H,2-14H2,1H3. The van der Waals surface area contributed by atoms with Crippen LogP contribution in [0.2, 0.25) is 0 Å². The Hall–Kier alpha value is -0.0800. The van der Waals surface area contributed by atoms with Gasteiger partial charge in [0, 0.05) is 12.6 Å². The molecule has 1 heterocycles. The summed E-state index contributed by atoms with van der Waals surface area (Å²) in [5, 5.41) is 3.57. The molecule has 0 aromatic carbocycles. The molecule has 1 aliphatic carbocycles. The second kappa shape index (κ2) is 8.16. The first-order valence-electron chi connectivity index (χ1n) is 8.35. The van der Waals surface area contributed by atoms with Crippen molar-refractivity contribution in [3.63, 3.8) is 0 Å². The Morgan fingerprint density at radius 1 is 1.00 bits per heavy atom. The smallest absolute Gasteiger partial charge is 0.0221 e. The molecule has 106 valence electrons. The van der Waals surface area contributed by atoms with E-state index in [1.807, 2.05) is 0 Å². The lowest BCUT2D eigenvalue weighted by atomic mass is 9.86. The molecule has 2 nitrogen and oxygen atoms in total. The highest BCUT2D eigenvalue weighted by Crippen LogP contribution is 2.27. The maximum absolute atomic E-state index is 3.57. The minimum Gasteiger partial charge on any atom is -0.315 e. The summed E-state index contributed by atoms with van der Waals surface area (Å²) >= 11 is 0. The van der Waals surface area contributed by atoms with Crippen LogP contribution >= 0.6 is 0 Å². The fourth-order valence-corrected chi connectivity index (χ4v) is 3.73. The van der Waals surface area contributed by atoms with Crippen molar-refractivity contribution in [2.24, 2.45) is 5.92 Å². The first-order valence-corrected chi connectivity index (χ1v) is 8.35. The number of nitrogens with zero attached hydrogens (tertiary/aromatic N) is 1. The predicted octanol–water partition coefficient (Wildman–Crippen LogP) is 3.42. The molecule has 2 heteroatoms. The third kappa shape index (κ3) is 4.55. The van der Waals surface area contributed by atoms with Crippen molar-refractivity contribution in [3.8, 4) is 0 Å². The second-order valence-corrected chi connectivity index (χ2v) is 6.33. The first-order chi connectivity index (χ1) is 8.90. The molecule has 2 rings (SSSR count). The van der Waals surface area contributed by atoms with E-state index in [9.17, 15) is 0 Å². The third-order valence-corrected chi connectivity index (χ3v) is 4.85. The van der Waals surface area contributed by atoms with E-state index in [1.165, 1.54) is 84.0 Å². The Bertz CT molecular complexity index is 205. The van der Waals surface area contributed by atoms with Crippen molar-refractivity contribution in [2.45, 2.75) is 70.8 Å². The molecular weight excluding hydrogens is 220 g/mol. The van der Waals surface area contributed by atoms with E-state index in [0.29, 0.717) is 0 Å². The van der Waals surface area contributed by atoms with Crippen molar-refractivity contribution < 1.29 is 0 Å². The summed E-state index contributed by atoms with van der Waals surface area (Å²) in [4.78, 5) is 2.78. The summed E-state index contributed by atoms with van der Waals surface area (Å²) < 4.78 is 0. The minimum absolute atomic E-state index is 0.822. The van der Waals surface area contributed by atoms with Gasteiger partial charge in [0.25, 0.3) is 0 Å². The molecule has 0 aromatic heterocycles. The number of piperidine rings is 1. The average molecular weight is 252 g/mol. The molecule has 2 aliphatic rings. The predicted molar refractivity (Wildman–Crippen MR) is 78.9 cm³/mol. The molecule has 0 amide bonds. The van der Waals surface area contributed by atoms with Gasteiger partial charge in [-0.1, -0.05) is 39.0 Å². The van der Waals surface area contributed by atoms with Gasteiger partial charge in [0.2, 0.25) is 0 Å². The van der Waals surface area contributed by atoms with Crippen molar-refractivity contribution >= 4 is 0 Å². The van der Waals surface area contributed by atoms with Crippen LogP contribution in [0.3, 0.4) is 0 Å². The maximum atomic E-state index is 3.57. The number of nitrogens with one attached hydrogen (secondary N) is 1. The normalized spacial score (nSPS) is 26.7. The zero-order valence-electron chi connectivity index (χ0n) is 12.3. The van der Waals surface area contributed by atoms with Crippen LogP contribution in [-0.4, -0.2) is 37.1 Å². The maximum Gasteiger partial charge on any atom is 0.0221 e. The Morgan fingerprint density at radius 3 is 2.50 bits per heavy atom. The van der Waals surface area contributed by atoms with E-state index >= 15 is 0 Å². The molecule has 0 spiro atoms. The molecular formula is C16H32N2. The molecule has 1 unspecified atom stereocenters. The summed E-state index contributed by atoms with van der Waals surface area (Å²) in [5.74, 6) is 1.04. The van der Waals surface area contributed by atoms with Gasteiger partial charge >= 0.3 is 0 Å². The largest absolute Gasteiger partial charge is 0.315 e. The molecule has 1 saturated heterocycles. The number of hydrogen-bond donors (Lipinski definition) is 1. The van der Waals surface area contributed by atoms with Crippen LogP contribution in [0.25, 0.3) is 0 Å². The monoisotopic (exact) mass is 252 g/mol. The van der Waals surface area contributed by atoms with Crippen LogP contribution in [0.15, 0.2) is 0 Å². The summed E-state index contributed by atoms with van der Waals surface area (Å²) in [6.45, 7) is 7.44. The lowest BCUT2D eigenvalue weighted by Crippen LogP contribution is -2.46. The van der Waals surface area contributed by atoms with Gasteiger partial charge in [-0.3, -0.25) is 4.90 Å². The summed E-state index contributed by atoms with van der Waals surface area (Å²) in [6.07, 6.45) is 13.0. The second-order valence-electron chi connectivity index (χ2n) is 6.33. The van der Waals surface area contributed by atoms with E-state index in [0.717, 1.165) is 12.0 Å². The van der Waals surface area contributed by atoms with Crippen molar-refractivity contribution in [1.29, 1.82) is 0 Å². The van der Waals surface area contributed by atoms with Crippen molar-refractivity contribution in [2.75, 3.05) is 26.2 Å². The fraction of sp³-hybridized carbons (Fsp3) is 1.00. The topological polar surface area (TPSA) is 15.3 Å². The summed E-state index contributed by atoms with van der Waals surface area (Å²) in [5.41, 5.74) is 0. The van der Waals surface area contributed by atoms with Crippen LogP contribution < -0.4 is 5.32 Å². The lowest BCUT2D eigenvalue weighted by Gasteiger charge is -2.35. The molecule has 1 aliphatic heterocycles. The Kier molecular flexibility index (Phi) is 6.50. The van der Waals surface area contributed by atoms with Crippen molar-refractivity contribution in [3.05, 3.63) is 0 Å². The average Bonchev–Trinajstić information content (AvgIpc) is 2.45. The molecule has 2 fully saturated rings. The quantitative estimate of drug-likeness (QED) is 0.779. The van der Waals surface area contributed by atoms with E-state index in [4.69, 9.17) is 0 Å². The van der Waals surface area contributed by atoms with E-state index in [1.54, 1.807) is 0 Å². The Balaban J connectivity index is 1.73. The van der Waals surface area contributed by atoms with E-state index in [-0.39, 0.29) is 0 Å². The van der Waals surface area contributed by atoms with Crippen LogP contribution in [0.4, 0.5) is 0 Å². The third-order valence-electron chi connectivity index (χ3n) is 4.85. The van der Waals surface area contributed by atoms with Gasteiger partial charge in [0.05, 0.1) is 0 Å². The number of rotatable bonds is 6. The first kappa shape index (κ1) is 14.3.